The molecule has 5 rings (SSSR count). The summed E-state index contributed by atoms with van der Waals surface area (Å²) >= 11 is 3.25. The SMILES string of the molecule is COc1cc2c(Nc3ccc(Br)cc3F)ncnc2cc1Oc1ccc(C(=O)N2CCOCC2)cn1. The Morgan fingerprint density at radius 1 is 1.08 bits per heavy atom. The van der Waals surface area contributed by atoms with E-state index >= 15 is 0 Å². The lowest BCUT2D eigenvalue weighted by Crippen LogP contribution is -2.40. The van der Waals surface area contributed by atoms with E-state index in [2.05, 4.69) is 36.2 Å². The largest absolute Gasteiger partial charge is 0.493 e. The third-order valence-corrected chi connectivity index (χ3v) is 6.09. The molecule has 1 amide bonds. The van der Waals surface area contributed by atoms with Gasteiger partial charge in [-0.05, 0) is 30.3 Å². The van der Waals surface area contributed by atoms with Crippen molar-refractivity contribution in [3.63, 3.8) is 0 Å². The highest BCUT2D eigenvalue weighted by Gasteiger charge is 2.19. The number of carbonyl (C=O) groups excluding carboxylic acids is 1. The van der Waals surface area contributed by atoms with Gasteiger partial charge < -0.3 is 24.4 Å². The number of anilines is 2. The Labute approximate surface area is 214 Å². The highest BCUT2D eigenvalue weighted by Crippen LogP contribution is 2.37. The highest BCUT2D eigenvalue weighted by atomic mass is 79.9. The molecule has 1 saturated heterocycles. The van der Waals surface area contributed by atoms with Crippen LogP contribution in [0.2, 0.25) is 0 Å². The molecule has 184 valence electrons. The minimum absolute atomic E-state index is 0.0976. The maximum absolute atomic E-state index is 14.4. The van der Waals surface area contributed by atoms with E-state index in [9.17, 15) is 9.18 Å². The van der Waals surface area contributed by atoms with Gasteiger partial charge in [0.25, 0.3) is 5.91 Å². The first-order valence-corrected chi connectivity index (χ1v) is 11.9. The molecule has 36 heavy (non-hydrogen) atoms. The molecule has 2 aromatic carbocycles. The zero-order chi connectivity index (χ0) is 25.1. The molecule has 3 heterocycles. The molecule has 11 heteroatoms. The molecule has 4 aromatic rings. The predicted molar refractivity (Wildman–Crippen MR) is 135 cm³/mol. The number of ether oxygens (including phenoxy) is 3. The number of aromatic nitrogens is 3. The Hall–Kier alpha value is -3.83. The molecular weight excluding hydrogens is 533 g/mol. The van der Waals surface area contributed by atoms with Gasteiger partial charge in [-0.25, -0.2) is 19.3 Å². The third kappa shape index (κ3) is 5.07. The fraction of sp³-hybridized carbons (Fsp3) is 0.200. The number of hydrogen-bond acceptors (Lipinski definition) is 8. The van der Waals surface area contributed by atoms with Crippen molar-refractivity contribution in [1.82, 2.24) is 19.9 Å². The molecule has 1 N–H and O–H groups in total. The van der Waals surface area contributed by atoms with E-state index in [1.165, 1.54) is 25.7 Å². The molecule has 1 fully saturated rings. The maximum Gasteiger partial charge on any atom is 0.255 e. The Morgan fingerprint density at radius 2 is 1.92 bits per heavy atom. The number of morpholine rings is 1. The van der Waals surface area contributed by atoms with E-state index in [0.29, 0.717) is 64.6 Å². The average molecular weight is 554 g/mol. The monoisotopic (exact) mass is 553 g/mol. The Bertz CT molecular complexity index is 1410. The normalized spacial score (nSPS) is 13.5. The molecular formula is C25H21BrFN5O4. The lowest BCUT2D eigenvalue weighted by Gasteiger charge is -2.26. The van der Waals surface area contributed by atoms with Crippen molar-refractivity contribution in [2.24, 2.45) is 0 Å². The minimum Gasteiger partial charge on any atom is -0.493 e. The van der Waals surface area contributed by atoms with E-state index in [1.54, 1.807) is 41.3 Å². The van der Waals surface area contributed by atoms with Gasteiger partial charge in [-0.1, -0.05) is 15.9 Å². The van der Waals surface area contributed by atoms with Crippen molar-refractivity contribution in [3.05, 3.63) is 70.8 Å². The quantitative estimate of drug-likeness (QED) is 0.358. The number of nitrogens with one attached hydrogen (secondary N) is 1. The number of benzene rings is 2. The molecule has 0 atom stereocenters. The highest BCUT2D eigenvalue weighted by molar-refractivity contribution is 9.10. The standard InChI is InChI=1S/C25H21BrFN5O4/c1-34-21-11-17-20(29-14-30-24(17)31-19-4-3-16(26)10-18(19)27)12-22(21)36-23-5-2-15(13-28-23)25(33)32-6-8-35-9-7-32/h2-5,10-14H,6-9H2,1H3,(H,29,30,31). The summed E-state index contributed by atoms with van der Waals surface area (Å²) in [5, 5.41) is 3.62. The van der Waals surface area contributed by atoms with Crippen LogP contribution < -0.4 is 14.8 Å². The first kappa shape index (κ1) is 23.9. The summed E-state index contributed by atoms with van der Waals surface area (Å²) in [6.07, 6.45) is 2.86. The van der Waals surface area contributed by atoms with E-state index in [-0.39, 0.29) is 17.5 Å². The summed E-state index contributed by atoms with van der Waals surface area (Å²) < 4.78 is 31.8. The fourth-order valence-electron chi connectivity index (χ4n) is 3.75. The van der Waals surface area contributed by atoms with Gasteiger partial charge in [0.1, 0.15) is 18.0 Å². The first-order valence-electron chi connectivity index (χ1n) is 11.1. The molecule has 9 nitrogen and oxygen atoms in total. The maximum atomic E-state index is 14.4. The number of amides is 1. The topological polar surface area (TPSA) is 98.7 Å². The molecule has 0 radical (unpaired) electrons. The second kappa shape index (κ2) is 10.4. The average Bonchev–Trinajstić information content (AvgIpc) is 2.90. The van der Waals surface area contributed by atoms with Gasteiger partial charge in [-0.15, -0.1) is 0 Å². The van der Waals surface area contributed by atoms with Crippen LogP contribution in [-0.2, 0) is 4.74 Å². The Kier molecular flexibility index (Phi) is 6.92. The molecule has 2 aromatic heterocycles. The predicted octanol–water partition coefficient (Wildman–Crippen LogP) is 4.94. The summed E-state index contributed by atoms with van der Waals surface area (Å²) in [5.41, 5.74) is 1.30. The number of halogens is 2. The van der Waals surface area contributed by atoms with E-state index in [1.807, 2.05) is 0 Å². The lowest BCUT2D eigenvalue weighted by atomic mass is 10.2. The van der Waals surface area contributed by atoms with Crippen molar-refractivity contribution in [3.8, 4) is 17.4 Å². The molecule has 0 unspecified atom stereocenters. The van der Waals surface area contributed by atoms with Crippen LogP contribution in [-0.4, -0.2) is 59.2 Å². The summed E-state index contributed by atoms with van der Waals surface area (Å²) in [4.78, 5) is 27.2. The molecule has 0 bridgehead atoms. The summed E-state index contributed by atoms with van der Waals surface area (Å²) in [5.74, 6) is 0.964. The third-order valence-electron chi connectivity index (χ3n) is 5.60. The van der Waals surface area contributed by atoms with Gasteiger partial charge >= 0.3 is 0 Å². The van der Waals surface area contributed by atoms with Crippen molar-refractivity contribution < 1.29 is 23.4 Å². The zero-order valence-electron chi connectivity index (χ0n) is 19.2. The van der Waals surface area contributed by atoms with Crippen molar-refractivity contribution >= 4 is 44.2 Å². The van der Waals surface area contributed by atoms with Gasteiger partial charge in [0.2, 0.25) is 5.88 Å². The number of hydrogen-bond donors (Lipinski definition) is 1. The summed E-state index contributed by atoms with van der Waals surface area (Å²) in [6.45, 7) is 2.17. The summed E-state index contributed by atoms with van der Waals surface area (Å²) in [6, 6.07) is 11.4. The minimum atomic E-state index is -0.426. The molecule has 1 aliphatic heterocycles. The van der Waals surface area contributed by atoms with E-state index < -0.39 is 5.82 Å². The van der Waals surface area contributed by atoms with Gasteiger partial charge in [0.05, 0.1) is 37.1 Å². The molecule has 0 aliphatic carbocycles. The lowest BCUT2D eigenvalue weighted by molar-refractivity contribution is 0.0302. The molecule has 0 spiro atoms. The number of pyridine rings is 1. The van der Waals surface area contributed by atoms with Crippen LogP contribution in [0.25, 0.3) is 10.9 Å². The van der Waals surface area contributed by atoms with Crippen LogP contribution in [0, 0.1) is 5.82 Å². The fourth-order valence-corrected chi connectivity index (χ4v) is 4.08. The van der Waals surface area contributed by atoms with Gasteiger partial charge in [-0.3, -0.25) is 4.79 Å². The first-order chi connectivity index (χ1) is 17.5. The zero-order valence-corrected chi connectivity index (χ0v) is 20.8. The van der Waals surface area contributed by atoms with Gasteiger partial charge in [-0.2, -0.15) is 0 Å². The Morgan fingerprint density at radius 3 is 2.64 bits per heavy atom. The van der Waals surface area contributed by atoms with Crippen LogP contribution in [0.4, 0.5) is 15.9 Å². The Balaban J connectivity index is 1.39. The number of rotatable bonds is 6. The van der Waals surface area contributed by atoms with Crippen LogP contribution in [0.15, 0.2) is 59.5 Å². The smallest absolute Gasteiger partial charge is 0.255 e. The van der Waals surface area contributed by atoms with Crippen LogP contribution in [0.5, 0.6) is 17.4 Å². The molecule has 0 saturated carbocycles. The molecule has 1 aliphatic rings. The number of nitrogens with zero attached hydrogens (tertiary/aromatic N) is 4. The second-order valence-electron chi connectivity index (χ2n) is 7.88. The van der Waals surface area contributed by atoms with Crippen molar-refractivity contribution in [1.29, 1.82) is 0 Å². The van der Waals surface area contributed by atoms with Crippen molar-refractivity contribution in [2.45, 2.75) is 0 Å². The van der Waals surface area contributed by atoms with Crippen molar-refractivity contribution in [2.75, 3.05) is 38.7 Å². The van der Waals surface area contributed by atoms with Crippen LogP contribution in [0.3, 0.4) is 0 Å². The number of methoxy groups -OCH3 is 1. The second-order valence-corrected chi connectivity index (χ2v) is 8.80. The number of fused-ring (bicyclic) bond motifs is 1. The van der Waals surface area contributed by atoms with Crippen LogP contribution >= 0.6 is 15.9 Å². The van der Waals surface area contributed by atoms with Gasteiger partial charge in [0.15, 0.2) is 11.5 Å². The van der Waals surface area contributed by atoms with Gasteiger partial charge in [0, 0.05) is 41.3 Å². The summed E-state index contributed by atoms with van der Waals surface area (Å²) in [7, 11) is 1.51. The van der Waals surface area contributed by atoms with E-state index in [0.717, 1.165) is 0 Å². The van der Waals surface area contributed by atoms with E-state index in [4.69, 9.17) is 14.2 Å². The number of carbonyl (C=O) groups is 1. The van der Waals surface area contributed by atoms with Crippen LogP contribution in [0.1, 0.15) is 10.4 Å².